The van der Waals surface area contributed by atoms with Crippen LogP contribution in [0.1, 0.15) is 50.1 Å². The Morgan fingerprint density at radius 2 is 2.00 bits per heavy atom. The van der Waals surface area contributed by atoms with Crippen LogP contribution in [-0.4, -0.2) is 20.9 Å². The maximum atomic E-state index is 4.53. The summed E-state index contributed by atoms with van der Waals surface area (Å²) in [6.07, 6.45) is 3.36. The van der Waals surface area contributed by atoms with Gasteiger partial charge in [0.25, 0.3) is 0 Å². The van der Waals surface area contributed by atoms with Crippen molar-refractivity contribution in [3.8, 4) is 0 Å². The highest BCUT2D eigenvalue weighted by Crippen LogP contribution is 2.22. The first kappa shape index (κ1) is 15.4. The van der Waals surface area contributed by atoms with Gasteiger partial charge >= 0.3 is 0 Å². The third-order valence-electron chi connectivity index (χ3n) is 2.86. The molecule has 2 aromatic rings. The van der Waals surface area contributed by atoms with Crippen molar-refractivity contribution in [2.24, 2.45) is 0 Å². The zero-order chi connectivity index (χ0) is 14.6. The standard InChI is InChI=1S/C14H22N4S2/c1-10-9-19-11(16-10)7-5-6-8-15-13-17-12(18-20-13)14(2,3)4/h9H,5-8H2,1-4H3,(H,15,17,18). The van der Waals surface area contributed by atoms with E-state index >= 15 is 0 Å². The van der Waals surface area contributed by atoms with Gasteiger partial charge in [0, 0.05) is 34.6 Å². The topological polar surface area (TPSA) is 50.7 Å². The van der Waals surface area contributed by atoms with E-state index in [0.29, 0.717) is 0 Å². The quantitative estimate of drug-likeness (QED) is 0.818. The minimum absolute atomic E-state index is 0.0269. The third-order valence-corrected chi connectivity index (χ3v) is 4.56. The number of nitrogens with one attached hydrogen (secondary N) is 1. The van der Waals surface area contributed by atoms with E-state index in [1.807, 2.05) is 6.92 Å². The molecule has 1 N–H and O–H groups in total. The van der Waals surface area contributed by atoms with Crippen LogP contribution in [0, 0.1) is 6.92 Å². The molecule has 0 aliphatic rings. The lowest BCUT2D eigenvalue weighted by Crippen LogP contribution is -2.13. The molecule has 0 aromatic carbocycles. The average molecular weight is 310 g/mol. The molecule has 0 saturated heterocycles. The van der Waals surface area contributed by atoms with Crippen molar-refractivity contribution in [2.75, 3.05) is 11.9 Å². The van der Waals surface area contributed by atoms with Crippen LogP contribution in [0.2, 0.25) is 0 Å². The Morgan fingerprint density at radius 1 is 1.20 bits per heavy atom. The minimum Gasteiger partial charge on any atom is -0.360 e. The molecule has 4 nitrogen and oxygen atoms in total. The van der Waals surface area contributed by atoms with Crippen LogP contribution in [0.3, 0.4) is 0 Å². The van der Waals surface area contributed by atoms with Gasteiger partial charge in [0.05, 0.1) is 5.01 Å². The maximum absolute atomic E-state index is 4.53. The molecule has 0 aliphatic carbocycles. The minimum atomic E-state index is 0.0269. The summed E-state index contributed by atoms with van der Waals surface area (Å²) in [4.78, 5) is 9.00. The Labute approximate surface area is 128 Å². The molecular weight excluding hydrogens is 288 g/mol. The number of aromatic nitrogens is 3. The summed E-state index contributed by atoms with van der Waals surface area (Å²) in [5, 5.41) is 7.64. The molecule has 0 atom stereocenters. The van der Waals surface area contributed by atoms with E-state index < -0.39 is 0 Å². The first-order chi connectivity index (χ1) is 9.45. The van der Waals surface area contributed by atoms with E-state index in [1.165, 1.54) is 16.5 Å². The fraction of sp³-hybridized carbons (Fsp3) is 0.643. The summed E-state index contributed by atoms with van der Waals surface area (Å²) in [7, 11) is 0. The summed E-state index contributed by atoms with van der Waals surface area (Å²) in [5.41, 5.74) is 1.16. The largest absolute Gasteiger partial charge is 0.360 e. The molecule has 2 heterocycles. The van der Waals surface area contributed by atoms with Crippen LogP contribution >= 0.6 is 22.9 Å². The number of thiazole rings is 1. The first-order valence-corrected chi connectivity index (χ1v) is 8.59. The highest BCUT2D eigenvalue weighted by Gasteiger charge is 2.19. The molecule has 0 saturated carbocycles. The van der Waals surface area contributed by atoms with Crippen molar-refractivity contribution in [3.63, 3.8) is 0 Å². The van der Waals surface area contributed by atoms with E-state index in [2.05, 4.69) is 45.8 Å². The van der Waals surface area contributed by atoms with Gasteiger partial charge in [-0.05, 0) is 26.2 Å². The second-order valence-electron chi connectivity index (χ2n) is 5.94. The van der Waals surface area contributed by atoms with E-state index in [4.69, 9.17) is 0 Å². The van der Waals surface area contributed by atoms with Gasteiger partial charge in [-0.2, -0.15) is 4.37 Å². The molecule has 110 valence electrons. The van der Waals surface area contributed by atoms with Gasteiger partial charge < -0.3 is 5.32 Å². The van der Waals surface area contributed by atoms with Gasteiger partial charge in [0.2, 0.25) is 5.13 Å². The van der Waals surface area contributed by atoms with Crippen molar-refractivity contribution < 1.29 is 0 Å². The van der Waals surface area contributed by atoms with E-state index in [1.54, 1.807) is 11.3 Å². The Bertz CT molecular complexity index is 539. The number of nitrogens with zero attached hydrogens (tertiary/aromatic N) is 3. The fourth-order valence-electron chi connectivity index (χ4n) is 1.71. The summed E-state index contributed by atoms with van der Waals surface area (Å²) in [6, 6.07) is 0. The highest BCUT2D eigenvalue weighted by atomic mass is 32.1. The summed E-state index contributed by atoms with van der Waals surface area (Å²) < 4.78 is 4.40. The van der Waals surface area contributed by atoms with Crippen molar-refractivity contribution in [3.05, 3.63) is 21.9 Å². The molecule has 0 radical (unpaired) electrons. The monoisotopic (exact) mass is 310 g/mol. The van der Waals surface area contributed by atoms with Crippen molar-refractivity contribution >= 4 is 28.0 Å². The fourth-order valence-corrected chi connectivity index (χ4v) is 3.31. The molecule has 2 aromatic heterocycles. The lowest BCUT2D eigenvalue weighted by molar-refractivity contribution is 0.555. The Morgan fingerprint density at radius 3 is 2.60 bits per heavy atom. The predicted octanol–water partition coefficient (Wildman–Crippen LogP) is 4.04. The van der Waals surface area contributed by atoms with Gasteiger partial charge in [-0.3, -0.25) is 0 Å². The lowest BCUT2D eigenvalue weighted by Gasteiger charge is -2.12. The van der Waals surface area contributed by atoms with E-state index in [0.717, 1.165) is 42.5 Å². The molecule has 0 aliphatic heterocycles. The number of rotatable bonds is 6. The van der Waals surface area contributed by atoms with Gasteiger partial charge in [0.1, 0.15) is 5.82 Å². The van der Waals surface area contributed by atoms with Gasteiger partial charge in [0.15, 0.2) is 0 Å². The Hall–Kier alpha value is -1.01. The van der Waals surface area contributed by atoms with Crippen molar-refractivity contribution in [1.82, 2.24) is 14.3 Å². The molecule has 0 fully saturated rings. The van der Waals surface area contributed by atoms with E-state index in [9.17, 15) is 0 Å². The van der Waals surface area contributed by atoms with Crippen LogP contribution < -0.4 is 5.32 Å². The number of anilines is 1. The second-order valence-corrected chi connectivity index (χ2v) is 7.63. The van der Waals surface area contributed by atoms with Crippen LogP contribution in [0.15, 0.2) is 5.38 Å². The SMILES string of the molecule is Cc1csc(CCCCNc2nc(C(C)(C)C)ns2)n1. The van der Waals surface area contributed by atoms with Crippen LogP contribution in [0.4, 0.5) is 5.13 Å². The van der Waals surface area contributed by atoms with Crippen LogP contribution in [0.25, 0.3) is 0 Å². The van der Waals surface area contributed by atoms with Crippen molar-refractivity contribution in [1.29, 1.82) is 0 Å². The number of unbranched alkanes of at least 4 members (excludes halogenated alkanes) is 1. The first-order valence-electron chi connectivity index (χ1n) is 6.94. The average Bonchev–Trinajstić information content (AvgIpc) is 2.97. The zero-order valence-electron chi connectivity index (χ0n) is 12.6. The van der Waals surface area contributed by atoms with Gasteiger partial charge in [-0.1, -0.05) is 20.8 Å². The number of aryl methyl sites for hydroxylation is 2. The molecular formula is C14H22N4S2. The zero-order valence-corrected chi connectivity index (χ0v) is 14.2. The molecule has 6 heteroatoms. The van der Waals surface area contributed by atoms with Crippen LogP contribution in [0.5, 0.6) is 0 Å². The predicted molar refractivity (Wildman–Crippen MR) is 86.9 cm³/mol. The smallest absolute Gasteiger partial charge is 0.202 e. The summed E-state index contributed by atoms with van der Waals surface area (Å²) >= 11 is 3.21. The number of hydrogen-bond donors (Lipinski definition) is 1. The van der Waals surface area contributed by atoms with Crippen molar-refractivity contribution in [2.45, 2.75) is 52.4 Å². The second kappa shape index (κ2) is 6.63. The molecule has 0 bridgehead atoms. The lowest BCUT2D eigenvalue weighted by atomic mass is 9.96. The number of hydrogen-bond acceptors (Lipinski definition) is 6. The van der Waals surface area contributed by atoms with Gasteiger partial charge in [-0.15, -0.1) is 11.3 Å². The molecule has 0 spiro atoms. The molecule has 0 amide bonds. The normalized spacial score (nSPS) is 11.8. The Balaban J connectivity index is 1.67. The Kier molecular flexibility index (Phi) is 5.10. The summed E-state index contributed by atoms with van der Waals surface area (Å²) in [6.45, 7) is 9.39. The molecule has 20 heavy (non-hydrogen) atoms. The van der Waals surface area contributed by atoms with Gasteiger partial charge in [-0.25, -0.2) is 9.97 Å². The van der Waals surface area contributed by atoms with Crippen LogP contribution in [-0.2, 0) is 11.8 Å². The maximum Gasteiger partial charge on any atom is 0.202 e. The summed E-state index contributed by atoms with van der Waals surface area (Å²) in [5.74, 6) is 0.920. The third kappa shape index (κ3) is 4.52. The van der Waals surface area contributed by atoms with E-state index in [-0.39, 0.29) is 5.41 Å². The molecule has 2 rings (SSSR count). The molecule has 0 unspecified atom stereocenters. The highest BCUT2D eigenvalue weighted by molar-refractivity contribution is 7.09.